The van der Waals surface area contributed by atoms with Crippen LogP contribution in [0.25, 0.3) is 11.4 Å². The van der Waals surface area contributed by atoms with Crippen LogP contribution in [0.15, 0.2) is 42.5 Å². The Morgan fingerprint density at radius 3 is 2.43 bits per heavy atom. The van der Waals surface area contributed by atoms with Crippen LogP contribution in [0.1, 0.15) is 18.1 Å². The zero-order valence-electron chi connectivity index (χ0n) is 17.1. The predicted octanol–water partition coefficient (Wildman–Crippen LogP) is 2.54. The molecule has 3 aromatic rings. The first-order valence-corrected chi connectivity index (χ1v) is 9.49. The second kappa shape index (κ2) is 9.64. The molecule has 0 aliphatic rings. The maximum Gasteiger partial charge on any atom is 0.344 e. The number of aromatic nitrogens is 4. The molecule has 9 heteroatoms. The van der Waals surface area contributed by atoms with Gasteiger partial charge >= 0.3 is 5.97 Å². The third-order valence-electron chi connectivity index (χ3n) is 4.26. The zero-order valence-corrected chi connectivity index (χ0v) is 17.1. The number of esters is 1. The van der Waals surface area contributed by atoms with Gasteiger partial charge in [-0.25, -0.2) is 4.79 Å². The van der Waals surface area contributed by atoms with Crippen molar-refractivity contribution in [3.05, 3.63) is 53.6 Å². The normalized spacial score (nSPS) is 10.5. The maximum absolute atomic E-state index is 12.4. The van der Waals surface area contributed by atoms with E-state index in [1.54, 1.807) is 31.2 Å². The van der Waals surface area contributed by atoms with Gasteiger partial charge in [0.2, 0.25) is 11.7 Å². The predicted molar refractivity (Wildman–Crippen MR) is 110 cm³/mol. The SMILES string of the molecule is CCOC(=O)COc1ccc(-c2nnn(CC(=O)Nc3c(C)cccc3C)n2)cc1. The van der Waals surface area contributed by atoms with E-state index < -0.39 is 5.97 Å². The van der Waals surface area contributed by atoms with E-state index in [1.807, 2.05) is 32.0 Å². The van der Waals surface area contributed by atoms with E-state index in [0.29, 0.717) is 23.7 Å². The summed E-state index contributed by atoms with van der Waals surface area (Å²) < 4.78 is 10.2. The summed E-state index contributed by atoms with van der Waals surface area (Å²) in [6.07, 6.45) is 0. The van der Waals surface area contributed by atoms with Gasteiger partial charge < -0.3 is 14.8 Å². The molecule has 1 heterocycles. The lowest BCUT2D eigenvalue weighted by atomic mass is 10.1. The first kappa shape index (κ1) is 21.0. The van der Waals surface area contributed by atoms with E-state index in [-0.39, 0.29) is 19.1 Å². The van der Waals surface area contributed by atoms with Crippen molar-refractivity contribution < 1.29 is 19.1 Å². The van der Waals surface area contributed by atoms with Gasteiger partial charge in [-0.15, -0.1) is 10.2 Å². The Morgan fingerprint density at radius 2 is 1.77 bits per heavy atom. The average molecular weight is 409 g/mol. The molecule has 0 fully saturated rings. The number of carbonyl (C=O) groups is 2. The van der Waals surface area contributed by atoms with Crippen molar-refractivity contribution in [1.29, 1.82) is 0 Å². The highest BCUT2D eigenvalue weighted by molar-refractivity contribution is 5.92. The summed E-state index contributed by atoms with van der Waals surface area (Å²) in [6, 6.07) is 12.7. The van der Waals surface area contributed by atoms with E-state index in [2.05, 4.69) is 20.7 Å². The zero-order chi connectivity index (χ0) is 21.5. The van der Waals surface area contributed by atoms with Crippen LogP contribution in [-0.4, -0.2) is 45.3 Å². The highest BCUT2D eigenvalue weighted by Gasteiger charge is 2.12. The van der Waals surface area contributed by atoms with E-state index in [9.17, 15) is 9.59 Å². The highest BCUT2D eigenvalue weighted by atomic mass is 16.6. The minimum Gasteiger partial charge on any atom is -0.482 e. The Morgan fingerprint density at radius 1 is 1.07 bits per heavy atom. The summed E-state index contributed by atoms with van der Waals surface area (Å²) in [6.45, 7) is 5.72. The minimum absolute atomic E-state index is 0.0541. The molecular formula is C21H23N5O4. The van der Waals surface area contributed by atoms with Gasteiger partial charge in [0.25, 0.3) is 0 Å². The van der Waals surface area contributed by atoms with Crippen molar-refractivity contribution in [2.75, 3.05) is 18.5 Å². The number of anilines is 1. The van der Waals surface area contributed by atoms with Gasteiger partial charge in [-0.05, 0) is 61.4 Å². The molecule has 156 valence electrons. The molecule has 1 aromatic heterocycles. The van der Waals surface area contributed by atoms with Crippen molar-refractivity contribution in [2.24, 2.45) is 0 Å². The molecule has 0 radical (unpaired) electrons. The van der Waals surface area contributed by atoms with E-state index in [0.717, 1.165) is 16.8 Å². The van der Waals surface area contributed by atoms with Crippen LogP contribution >= 0.6 is 0 Å². The number of aryl methyl sites for hydroxylation is 2. The van der Waals surface area contributed by atoms with Crippen LogP contribution in [-0.2, 0) is 20.9 Å². The molecule has 3 rings (SSSR count). The third kappa shape index (κ3) is 5.40. The van der Waals surface area contributed by atoms with E-state index >= 15 is 0 Å². The fourth-order valence-electron chi connectivity index (χ4n) is 2.79. The topological polar surface area (TPSA) is 108 Å². The first-order valence-electron chi connectivity index (χ1n) is 9.49. The minimum atomic E-state index is -0.426. The molecule has 0 aliphatic carbocycles. The molecule has 0 bridgehead atoms. The number of rotatable bonds is 8. The number of benzene rings is 2. The summed E-state index contributed by atoms with van der Waals surface area (Å²) >= 11 is 0. The van der Waals surface area contributed by atoms with Crippen molar-refractivity contribution in [3.8, 4) is 17.1 Å². The van der Waals surface area contributed by atoms with E-state index in [1.165, 1.54) is 4.80 Å². The molecule has 2 aromatic carbocycles. The summed E-state index contributed by atoms with van der Waals surface area (Å²) in [5, 5.41) is 15.1. The fraction of sp³-hybridized carbons (Fsp3) is 0.286. The number of para-hydroxylation sites is 1. The first-order chi connectivity index (χ1) is 14.5. The largest absolute Gasteiger partial charge is 0.482 e. The lowest BCUT2D eigenvalue weighted by Crippen LogP contribution is -2.21. The number of hydrogen-bond acceptors (Lipinski definition) is 7. The highest BCUT2D eigenvalue weighted by Crippen LogP contribution is 2.20. The summed E-state index contributed by atoms with van der Waals surface area (Å²) in [5.41, 5.74) is 3.47. The molecule has 9 nitrogen and oxygen atoms in total. The van der Waals surface area contributed by atoms with Gasteiger partial charge in [-0.1, -0.05) is 18.2 Å². The van der Waals surface area contributed by atoms with Crippen LogP contribution < -0.4 is 10.1 Å². The van der Waals surface area contributed by atoms with Crippen LogP contribution in [0.5, 0.6) is 5.75 Å². The molecule has 30 heavy (non-hydrogen) atoms. The second-order valence-electron chi connectivity index (χ2n) is 6.58. The number of carbonyl (C=O) groups excluding carboxylic acids is 2. The Bertz CT molecular complexity index is 1010. The molecule has 0 spiro atoms. The van der Waals surface area contributed by atoms with Gasteiger partial charge in [0.1, 0.15) is 12.3 Å². The number of nitrogens with one attached hydrogen (secondary N) is 1. The Balaban J connectivity index is 1.59. The molecule has 0 aliphatic heterocycles. The number of tetrazole rings is 1. The van der Waals surface area contributed by atoms with Gasteiger partial charge in [-0.2, -0.15) is 4.80 Å². The van der Waals surface area contributed by atoms with Crippen molar-refractivity contribution in [3.63, 3.8) is 0 Å². The summed E-state index contributed by atoms with van der Waals surface area (Å²) in [7, 11) is 0. The molecular weight excluding hydrogens is 386 g/mol. The van der Waals surface area contributed by atoms with Crippen LogP contribution in [0, 0.1) is 13.8 Å². The Labute approximate surface area is 174 Å². The fourth-order valence-corrected chi connectivity index (χ4v) is 2.79. The maximum atomic E-state index is 12.4. The molecule has 0 saturated heterocycles. The van der Waals surface area contributed by atoms with Crippen LogP contribution in [0.4, 0.5) is 5.69 Å². The molecule has 1 N–H and O–H groups in total. The smallest absolute Gasteiger partial charge is 0.344 e. The quantitative estimate of drug-likeness (QED) is 0.570. The Kier molecular flexibility index (Phi) is 6.74. The van der Waals surface area contributed by atoms with Crippen LogP contribution in [0.2, 0.25) is 0 Å². The number of nitrogens with zero attached hydrogens (tertiary/aromatic N) is 4. The Hall–Kier alpha value is -3.75. The van der Waals surface area contributed by atoms with Gasteiger partial charge in [0.15, 0.2) is 6.61 Å². The van der Waals surface area contributed by atoms with Crippen LogP contribution in [0.3, 0.4) is 0 Å². The number of amides is 1. The second-order valence-corrected chi connectivity index (χ2v) is 6.58. The lowest BCUT2D eigenvalue weighted by molar-refractivity contribution is -0.145. The van der Waals surface area contributed by atoms with Crippen molar-refractivity contribution in [1.82, 2.24) is 20.2 Å². The molecule has 0 unspecified atom stereocenters. The monoisotopic (exact) mass is 409 g/mol. The molecule has 0 saturated carbocycles. The standard InChI is InChI=1S/C21H23N5O4/c1-4-29-19(28)13-30-17-10-8-16(9-11-17)21-23-25-26(24-21)12-18(27)22-20-14(2)6-5-7-15(20)3/h5-11H,4,12-13H2,1-3H3,(H,22,27). The molecule has 0 atom stereocenters. The van der Waals surface area contributed by atoms with Gasteiger partial charge in [0.05, 0.1) is 6.61 Å². The van der Waals surface area contributed by atoms with Gasteiger partial charge in [-0.3, -0.25) is 4.79 Å². The lowest BCUT2D eigenvalue weighted by Gasteiger charge is -2.10. The van der Waals surface area contributed by atoms with Crippen molar-refractivity contribution in [2.45, 2.75) is 27.3 Å². The number of ether oxygens (including phenoxy) is 2. The van der Waals surface area contributed by atoms with E-state index in [4.69, 9.17) is 9.47 Å². The van der Waals surface area contributed by atoms with Crippen molar-refractivity contribution >= 4 is 17.6 Å². The number of hydrogen-bond donors (Lipinski definition) is 1. The third-order valence-corrected chi connectivity index (χ3v) is 4.26. The summed E-state index contributed by atoms with van der Waals surface area (Å²) in [4.78, 5) is 24.9. The van der Waals surface area contributed by atoms with Gasteiger partial charge in [0, 0.05) is 11.3 Å². The summed E-state index contributed by atoms with van der Waals surface area (Å²) in [5.74, 6) is 0.239. The average Bonchev–Trinajstić information content (AvgIpc) is 3.18. The molecule has 1 amide bonds.